The maximum atomic E-state index is 12.4. The number of H-pyrrole nitrogens is 1. The van der Waals surface area contributed by atoms with Gasteiger partial charge in [-0.2, -0.15) is 0 Å². The van der Waals surface area contributed by atoms with Crippen LogP contribution in [0.2, 0.25) is 0 Å². The van der Waals surface area contributed by atoms with Gasteiger partial charge >= 0.3 is 7.40 Å². The van der Waals surface area contributed by atoms with E-state index < -0.39 is 0 Å². The Bertz CT molecular complexity index is 1040. The Hall–Kier alpha value is -2.38. The molecule has 0 spiro atoms. The Morgan fingerprint density at radius 2 is 1.97 bits per heavy atom. The number of hydrogen-bond donors (Lipinski definition) is 1. The zero-order chi connectivity index (χ0) is 21.0. The van der Waals surface area contributed by atoms with E-state index in [-0.39, 0.29) is 43.8 Å². The third kappa shape index (κ3) is 3.34. The molecule has 4 heterocycles. The zero-order valence-electron chi connectivity index (χ0n) is 19.2. The second kappa shape index (κ2) is 8.28. The molecule has 1 fully saturated rings. The molecule has 0 amide bonds. The van der Waals surface area contributed by atoms with Crippen LogP contribution in [0.15, 0.2) is 24.0 Å². The average Bonchev–Trinajstić information content (AvgIpc) is 3.14. The van der Waals surface area contributed by atoms with Crippen molar-refractivity contribution < 1.29 is 37.6 Å². The topological polar surface area (TPSA) is 73.0 Å². The summed E-state index contributed by atoms with van der Waals surface area (Å²) in [5, 5.41) is 1.19. The van der Waals surface area contributed by atoms with E-state index in [1.807, 2.05) is 6.07 Å². The molecule has 2 aromatic rings. The molecule has 31 heavy (non-hydrogen) atoms. The summed E-state index contributed by atoms with van der Waals surface area (Å²) in [4.78, 5) is 18.6. The van der Waals surface area contributed by atoms with Gasteiger partial charge in [0.2, 0.25) is 0 Å². The van der Waals surface area contributed by atoms with Gasteiger partial charge in [0, 0.05) is 47.6 Å². The van der Waals surface area contributed by atoms with Gasteiger partial charge in [0.15, 0.2) is 11.5 Å². The second-order valence-corrected chi connectivity index (χ2v) is 8.44. The van der Waals surface area contributed by atoms with Crippen LogP contribution in [0.1, 0.15) is 32.1 Å². The first-order chi connectivity index (χ1) is 14.5. The number of fused-ring (bicyclic) bond motifs is 6. The Morgan fingerprint density at radius 1 is 1.23 bits per heavy atom. The number of halogens is 1. The molecule has 4 atom stereocenters. The minimum Gasteiger partial charge on any atom is -1.00 e. The first kappa shape index (κ1) is 21.8. The molecule has 7 nitrogen and oxygen atoms in total. The number of carbonyl (C=O) groups excluding carboxylic acids is 1. The maximum Gasteiger partial charge on any atom is 1.00 e. The van der Waals surface area contributed by atoms with Gasteiger partial charge in [0.25, 0.3) is 0 Å². The van der Waals surface area contributed by atoms with Gasteiger partial charge in [-0.25, -0.2) is 4.79 Å². The Balaban J connectivity index is 0.00000144. The van der Waals surface area contributed by atoms with Crippen molar-refractivity contribution in [3.05, 3.63) is 35.2 Å². The van der Waals surface area contributed by atoms with Gasteiger partial charge in [0.05, 0.1) is 45.3 Å². The normalized spacial score (nSPS) is 27.0. The van der Waals surface area contributed by atoms with Crippen LogP contribution in [0.5, 0.6) is 11.5 Å². The summed E-state index contributed by atoms with van der Waals surface area (Å²) < 4.78 is 21.9. The molecule has 0 bridgehead atoms. The summed E-state index contributed by atoms with van der Waals surface area (Å²) in [6, 6.07) is 4.32. The van der Waals surface area contributed by atoms with E-state index in [4.69, 9.17) is 18.9 Å². The van der Waals surface area contributed by atoms with Crippen molar-refractivity contribution in [1.29, 1.82) is 0 Å². The minimum atomic E-state index is -0.285. The van der Waals surface area contributed by atoms with Crippen molar-refractivity contribution in [3.63, 3.8) is 0 Å². The highest BCUT2D eigenvalue weighted by Crippen LogP contribution is 2.48. The van der Waals surface area contributed by atoms with Crippen LogP contribution in [-0.4, -0.2) is 56.4 Å². The van der Waals surface area contributed by atoms with Crippen molar-refractivity contribution in [2.24, 2.45) is 11.8 Å². The standard InChI is InChI=1S/C23H28N2O5.ClH/c1-12-16-10-25-6-5-13-15-8-20(27-2)21(28-3)9-18(15)24-22(13)19(25)7-14(16)17(11-30-12)23(26)29-4;/h8-9,11-12,14,16,19,24H,5-7,10H2,1-4H3;1H/t12-,14-,16-,19+;/m1./s1. The number of ether oxygens (including phenoxy) is 4. The van der Waals surface area contributed by atoms with E-state index in [9.17, 15) is 4.79 Å². The van der Waals surface area contributed by atoms with Gasteiger partial charge in [-0.05, 0) is 31.4 Å². The molecule has 0 saturated carbocycles. The van der Waals surface area contributed by atoms with Crippen LogP contribution >= 0.6 is 0 Å². The van der Waals surface area contributed by atoms with Crippen LogP contribution < -0.4 is 21.9 Å². The Morgan fingerprint density at radius 3 is 2.68 bits per heavy atom. The maximum absolute atomic E-state index is 12.4. The Labute approximate surface area is 189 Å². The van der Waals surface area contributed by atoms with E-state index in [0.717, 1.165) is 42.9 Å². The first-order valence-electron chi connectivity index (χ1n) is 10.5. The predicted octanol–water partition coefficient (Wildman–Crippen LogP) is 0.313. The number of rotatable bonds is 3. The molecule has 8 heteroatoms. The fourth-order valence-corrected chi connectivity index (χ4v) is 5.56. The minimum absolute atomic E-state index is 0. The lowest BCUT2D eigenvalue weighted by Gasteiger charge is -2.49. The molecule has 1 aromatic carbocycles. The van der Waals surface area contributed by atoms with E-state index in [2.05, 4.69) is 22.9 Å². The van der Waals surface area contributed by atoms with Crippen LogP contribution in [-0.2, 0) is 20.7 Å². The summed E-state index contributed by atoms with van der Waals surface area (Å²) in [6.45, 7) is 4.00. The average molecular weight is 449 g/mol. The molecule has 5 rings (SSSR count). The molecule has 3 aliphatic heterocycles. The van der Waals surface area contributed by atoms with E-state index in [1.54, 1.807) is 20.5 Å². The van der Waals surface area contributed by atoms with E-state index >= 15 is 0 Å². The smallest absolute Gasteiger partial charge is 1.00 e. The third-order valence-corrected chi connectivity index (χ3v) is 7.14. The highest BCUT2D eigenvalue weighted by Gasteiger charge is 2.47. The lowest BCUT2D eigenvalue weighted by Crippen LogP contribution is -3.00. The predicted molar refractivity (Wildman–Crippen MR) is 113 cm³/mol. The molecule has 3 aliphatic rings. The van der Waals surface area contributed by atoms with Gasteiger partial charge in [-0.3, -0.25) is 4.90 Å². The largest absolute Gasteiger partial charge is 1.00 e. The fourth-order valence-electron chi connectivity index (χ4n) is 5.56. The van der Waals surface area contributed by atoms with Gasteiger partial charge in [-0.15, -0.1) is 0 Å². The summed E-state index contributed by atoms with van der Waals surface area (Å²) in [7, 11) is 4.75. The number of methoxy groups -OCH3 is 3. The van der Waals surface area contributed by atoms with Gasteiger partial charge < -0.3 is 36.3 Å². The number of aromatic amines is 1. The van der Waals surface area contributed by atoms with Crippen molar-refractivity contribution in [2.75, 3.05) is 34.4 Å². The number of hydrogen-bond acceptors (Lipinski definition) is 6. The summed E-state index contributed by atoms with van der Waals surface area (Å²) in [6.07, 6.45) is 3.56. The number of nitrogens with zero attached hydrogens (tertiary/aromatic N) is 1. The first-order valence-corrected chi connectivity index (χ1v) is 10.5. The number of benzene rings is 1. The van der Waals surface area contributed by atoms with Crippen molar-refractivity contribution in [1.82, 2.24) is 9.88 Å². The summed E-state index contributed by atoms with van der Waals surface area (Å²) >= 11 is 0. The molecule has 168 valence electrons. The molecule has 1 aromatic heterocycles. The van der Waals surface area contributed by atoms with Crippen molar-refractivity contribution >= 4 is 16.9 Å². The lowest BCUT2D eigenvalue weighted by molar-refractivity contribution is -0.139. The molecule has 1 saturated heterocycles. The monoisotopic (exact) mass is 448 g/mol. The summed E-state index contributed by atoms with van der Waals surface area (Å²) in [5.41, 5.74) is 4.31. The summed E-state index contributed by atoms with van der Waals surface area (Å²) in [5.74, 6) is 1.59. The van der Waals surface area contributed by atoms with E-state index in [1.165, 1.54) is 23.8 Å². The van der Waals surface area contributed by atoms with Crippen LogP contribution in [0.3, 0.4) is 0 Å². The number of piperidine rings is 1. The number of nitrogens with one attached hydrogen (secondary N) is 1. The number of aromatic nitrogens is 1. The van der Waals surface area contributed by atoms with Crippen molar-refractivity contribution in [3.8, 4) is 11.5 Å². The van der Waals surface area contributed by atoms with Crippen LogP contribution in [0, 0.1) is 11.8 Å². The number of carbonyl (C=O) groups is 1. The fraction of sp³-hybridized carbons (Fsp3) is 0.522. The molecular weight excluding hydrogens is 420 g/mol. The second-order valence-electron chi connectivity index (χ2n) is 8.44. The van der Waals surface area contributed by atoms with Crippen molar-refractivity contribution in [2.45, 2.75) is 31.9 Å². The van der Waals surface area contributed by atoms with Crippen LogP contribution in [0.25, 0.3) is 10.9 Å². The highest BCUT2D eigenvalue weighted by molar-refractivity contribution is 5.89. The quantitative estimate of drug-likeness (QED) is 0.681. The SMILES string of the molecule is COC(=O)C1=CO[C@H](C)[C@H]2CN3CCc4c([nH]c5cc(OC)c(OC)cc45)[C@@H]3C[C@@H]12.[Cl-].[H+]. The van der Waals surface area contributed by atoms with Crippen LogP contribution in [0.4, 0.5) is 0 Å². The zero-order valence-corrected chi connectivity index (χ0v) is 19.0. The molecule has 0 radical (unpaired) electrons. The Kier molecular flexibility index (Phi) is 5.83. The van der Waals surface area contributed by atoms with Gasteiger partial charge in [-0.1, -0.05) is 0 Å². The molecular formula is C23H29ClN2O5. The van der Waals surface area contributed by atoms with E-state index in [0.29, 0.717) is 5.57 Å². The third-order valence-electron chi connectivity index (χ3n) is 7.14. The highest BCUT2D eigenvalue weighted by atomic mass is 35.5. The molecule has 0 aliphatic carbocycles. The van der Waals surface area contributed by atoms with Gasteiger partial charge in [0.1, 0.15) is 0 Å². The molecule has 1 N–H and O–H groups in total. The lowest BCUT2D eigenvalue weighted by atomic mass is 9.72. The molecule has 0 unspecified atom stereocenters. The number of esters is 1.